The predicted molar refractivity (Wildman–Crippen MR) is 445 cm³/mol. The van der Waals surface area contributed by atoms with E-state index in [0.29, 0.717) is 0 Å². The number of rotatable bonds is 8. The zero-order chi connectivity index (χ0) is 66.9. The van der Waals surface area contributed by atoms with Crippen LogP contribution in [0.5, 0.6) is 0 Å². The van der Waals surface area contributed by atoms with Crippen LogP contribution in [-0.2, 0) is 0 Å². The Morgan fingerprint density at radius 3 is 0.892 bits per heavy atom. The summed E-state index contributed by atoms with van der Waals surface area (Å²) in [5, 5.41) is 12.8. The SMILES string of the molecule is c1cc(-c2ccc3c(c2)sc2ncc(-c4cccc(-c5cccc6c5sc5ccccc56)c4)nc23)cc(-c2cccc3c2sc2ccccc23)c1.c1cc(-c2cnc3sc4c(-c5cccc(-c6cccc7c6sc6ccccc67)c5)cccc4c3n2)cc(-c2cccc3c2sc2ccccc23)c1. The van der Waals surface area contributed by atoms with Gasteiger partial charge in [-0.3, -0.25) is 0 Å². The third kappa shape index (κ3) is 9.92. The van der Waals surface area contributed by atoms with E-state index in [4.69, 9.17) is 19.9 Å². The molecule has 0 amide bonds. The Morgan fingerprint density at radius 2 is 0.480 bits per heavy atom. The largest absolute Gasteiger partial charge is 0.243 e. The van der Waals surface area contributed by atoms with Gasteiger partial charge < -0.3 is 0 Å². The van der Waals surface area contributed by atoms with Gasteiger partial charge in [-0.1, -0.05) is 249 Å². The Kier molecular flexibility index (Phi) is 14.1. The van der Waals surface area contributed by atoms with Crippen LogP contribution in [0.25, 0.3) is 211 Å². The monoisotopic (exact) mass is 1400 g/mol. The number of fused-ring (bicyclic) bond motifs is 18. The van der Waals surface area contributed by atoms with E-state index in [1.165, 1.54) is 157 Å². The maximum atomic E-state index is 5.27. The zero-order valence-electron chi connectivity index (χ0n) is 54.3. The average Bonchev–Trinajstić information content (AvgIpc) is 1.59. The second kappa shape index (κ2) is 24.1. The van der Waals surface area contributed by atoms with E-state index in [2.05, 4.69) is 303 Å². The van der Waals surface area contributed by atoms with Gasteiger partial charge in [0.2, 0.25) is 0 Å². The molecule has 0 spiro atoms. The highest BCUT2D eigenvalue weighted by Gasteiger charge is 2.20. The number of nitrogens with zero attached hydrogens (tertiary/aromatic N) is 4. The normalized spacial score (nSPS) is 11.9. The minimum Gasteiger partial charge on any atom is -0.243 e. The molecule has 102 heavy (non-hydrogen) atoms. The Hall–Kier alpha value is -11.4. The molecule has 0 aliphatic rings. The van der Waals surface area contributed by atoms with Crippen LogP contribution in [0.3, 0.4) is 0 Å². The number of aromatic nitrogens is 4. The molecule has 0 saturated carbocycles. The Morgan fingerprint density at radius 1 is 0.186 bits per heavy atom. The molecule has 0 saturated heterocycles. The Balaban J connectivity index is 0.000000133. The van der Waals surface area contributed by atoms with Gasteiger partial charge in [-0.15, -0.1) is 68.0 Å². The van der Waals surface area contributed by atoms with Crippen LogP contribution < -0.4 is 0 Å². The number of hydrogen-bond acceptors (Lipinski definition) is 10. The summed E-state index contributed by atoms with van der Waals surface area (Å²) in [4.78, 5) is 22.3. The molecule has 0 aliphatic carbocycles. The summed E-state index contributed by atoms with van der Waals surface area (Å²) in [7, 11) is 0. The average molecular weight is 1410 g/mol. The number of thiophene rings is 6. The first-order valence-corrected chi connectivity index (χ1v) is 38.8. The van der Waals surface area contributed by atoms with Crippen LogP contribution in [0.1, 0.15) is 0 Å². The molecule has 0 aliphatic heterocycles. The second-order valence-corrected chi connectivity index (χ2v) is 32.1. The second-order valence-electron chi connectivity index (χ2n) is 25.9. The van der Waals surface area contributed by atoms with Crippen molar-refractivity contribution in [3.05, 3.63) is 316 Å². The summed E-state index contributed by atoms with van der Waals surface area (Å²) in [6.45, 7) is 0. The molecular formula is C92H52N4S6. The standard InChI is InChI=1S/2C46H26N2S3/c1-3-22-40-34(14-1)36-19-7-16-31(43(36)49-40)27-10-5-11-28(24-27)33-18-9-21-38-42-46(51-45(33)38)47-26-39(48-42)30-13-6-12-29(25-30)32-17-8-20-37-35-15-2-4-23-41(35)50-44(32)37;1-3-19-40-34(13-1)36-17-7-15-32(44(36)49-40)29-10-5-9-27(23-29)28-21-22-38-42(25-28)51-46-43(38)48-39(26-47-46)31-12-6-11-30(24-31)33-16-8-18-37-35-14-2-4-20-41(35)50-45(33)37/h2*1-26H. The van der Waals surface area contributed by atoms with Crippen molar-refractivity contribution in [1.82, 2.24) is 19.9 Å². The fourth-order valence-electron chi connectivity index (χ4n) is 15.1. The van der Waals surface area contributed by atoms with Gasteiger partial charge in [0, 0.05) is 112 Å². The van der Waals surface area contributed by atoms with Crippen molar-refractivity contribution < 1.29 is 0 Å². The molecule has 22 rings (SSSR count). The van der Waals surface area contributed by atoms with Crippen molar-refractivity contribution >= 4 is 190 Å². The van der Waals surface area contributed by atoms with Gasteiger partial charge in [0.05, 0.1) is 23.8 Å². The lowest BCUT2D eigenvalue weighted by Gasteiger charge is -2.08. The van der Waals surface area contributed by atoms with Gasteiger partial charge in [0.15, 0.2) is 0 Å². The molecule has 0 radical (unpaired) electrons. The first-order chi connectivity index (χ1) is 50.5. The molecule has 476 valence electrons. The zero-order valence-corrected chi connectivity index (χ0v) is 59.2. The van der Waals surface area contributed by atoms with Crippen LogP contribution >= 0.6 is 68.0 Å². The fraction of sp³-hybridized carbons (Fsp3) is 0. The van der Waals surface area contributed by atoms with Crippen molar-refractivity contribution in [3.63, 3.8) is 0 Å². The van der Waals surface area contributed by atoms with E-state index in [1.54, 1.807) is 22.7 Å². The quantitative estimate of drug-likeness (QED) is 0.152. The highest BCUT2D eigenvalue weighted by Crippen LogP contribution is 2.48. The maximum absolute atomic E-state index is 5.27. The lowest BCUT2D eigenvalue weighted by Crippen LogP contribution is -1.87. The topological polar surface area (TPSA) is 51.6 Å². The molecular weight excluding hydrogens is 1350 g/mol. The van der Waals surface area contributed by atoms with Crippen LogP contribution in [-0.4, -0.2) is 19.9 Å². The number of benzene rings is 14. The maximum Gasteiger partial charge on any atom is 0.143 e. The lowest BCUT2D eigenvalue weighted by atomic mass is 9.97. The third-order valence-electron chi connectivity index (χ3n) is 19.9. The predicted octanol–water partition coefficient (Wildman–Crippen LogP) is 28.5. The molecule has 4 nitrogen and oxygen atoms in total. The minimum atomic E-state index is 0.886. The van der Waals surface area contributed by atoms with Crippen molar-refractivity contribution in [2.45, 2.75) is 0 Å². The van der Waals surface area contributed by atoms with Gasteiger partial charge in [-0.25, -0.2) is 19.9 Å². The van der Waals surface area contributed by atoms with Crippen molar-refractivity contribution in [1.29, 1.82) is 0 Å². The van der Waals surface area contributed by atoms with E-state index < -0.39 is 0 Å². The number of hydrogen-bond donors (Lipinski definition) is 0. The van der Waals surface area contributed by atoms with Crippen LogP contribution in [0.15, 0.2) is 316 Å². The van der Waals surface area contributed by atoms with Gasteiger partial charge in [0.25, 0.3) is 0 Å². The van der Waals surface area contributed by atoms with Gasteiger partial charge in [-0.2, -0.15) is 0 Å². The highest BCUT2D eigenvalue weighted by molar-refractivity contribution is 7.28. The van der Waals surface area contributed by atoms with Gasteiger partial charge >= 0.3 is 0 Å². The first-order valence-electron chi connectivity index (χ1n) is 33.9. The summed E-state index contributed by atoms with van der Waals surface area (Å²) >= 11 is 10.9. The summed E-state index contributed by atoms with van der Waals surface area (Å²) in [5.41, 5.74) is 20.6. The molecule has 0 fully saturated rings. The van der Waals surface area contributed by atoms with Crippen molar-refractivity contribution in [2.24, 2.45) is 0 Å². The van der Waals surface area contributed by atoms with E-state index in [0.717, 1.165) is 54.0 Å². The van der Waals surface area contributed by atoms with Gasteiger partial charge in [-0.05, 0) is 121 Å². The summed E-state index contributed by atoms with van der Waals surface area (Å²) in [6.07, 6.45) is 3.86. The van der Waals surface area contributed by atoms with Crippen molar-refractivity contribution in [3.8, 4) is 89.3 Å². The summed E-state index contributed by atoms with van der Waals surface area (Å²) in [6, 6.07) is 110. The van der Waals surface area contributed by atoms with E-state index >= 15 is 0 Å². The molecule has 14 aromatic carbocycles. The first kappa shape index (κ1) is 59.4. The van der Waals surface area contributed by atoms with Crippen molar-refractivity contribution in [2.75, 3.05) is 0 Å². The molecule has 0 atom stereocenters. The van der Waals surface area contributed by atoms with Crippen LogP contribution in [0, 0.1) is 0 Å². The van der Waals surface area contributed by atoms with E-state index in [9.17, 15) is 0 Å². The summed E-state index contributed by atoms with van der Waals surface area (Å²) in [5.74, 6) is 0. The Bertz CT molecular complexity index is 7180. The molecule has 0 N–H and O–H groups in total. The molecule has 10 heteroatoms. The highest BCUT2D eigenvalue weighted by atomic mass is 32.1. The molecule has 0 bridgehead atoms. The van der Waals surface area contributed by atoms with E-state index in [-0.39, 0.29) is 0 Å². The minimum absolute atomic E-state index is 0.886. The van der Waals surface area contributed by atoms with E-state index in [1.807, 2.05) is 57.7 Å². The third-order valence-corrected chi connectivity index (χ3v) is 27.0. The van der Waals surface area contributed by atoms with Crippen LogP contribution in [0.4, 0.5) is 0 Å². The van der Waals surface area contributed by atoms with Gasteiger partial charge in [0.1, 0.15) is 20.7 Å². The molecule has 22 aromatic rings. The smallest absolute Gasteiger partial charge is 0.143 e. The molecule has 8 heterocycles. The molecule has 0 unspecified atom stereocenters. The lowest BCUT2D eigenvalue weighted by molar-refractivity contribution is 1.32. The Labute approximate surface area is 609 Å². The van der Waals surface area contributed by atoms with Crippen LogP contribution in [0.2, 0.25) is 0 Å². The molecule has 8 aromatic heterocycles. The fourth-order valence-corrected chi connectivity index (χ4v) is 22.2. The summed E-state index contributed by atoms with van der Waals surface area (Å²) < 4.78 is 13.0.